The van der Waals surface area contributed by atoms with E-state index in [1.54, 1.807) is 0 Å². The van der Waals surface area contributed by atoms with Crippen molar-refractivity contribution >= 4 is 31.6 Å². The summed E-state index contributed by atoms with van der Waals surface area (Å²) in [5, 5.41) is 0. The van der Waals surface area contributed by atoms with Crippen molar-refractivity contribution in [1.82, 2.24) is 4.72 Å². The smallest absolute Gasteiger partial charge is 0.242 e. The van der Waals surface area contributed by atoms with Gasteiger partial charge in [0.2, 0.25) is 10.0 Å². The van der Waals surface area contributed by atoms with Crippen molar-refractivity contribution in [1.29, 1.82) is 0 Å². The molecular weight excluding hydrogens is 363 g/mol. The van der Waals surface area contributed by atoms with E-state index in [0.717, 1.165) is 18.9 Å². The number of nitrogens with two attached hydrogens (primary N) is 1. The highest BCUT2D eigenvalue weighted by molar-refractivity contribution is 9.10. The van der Waals surface area contributed by atoms with E-state index < -0.39 is 15.8 Å². The SMILES string of the molecule is CCC1OCCC1CNS(=O)(=O)c1cc(Br)c(F)cc1N. The number of halogens is 2. The lowest BCUT2D eigenvalue weighted by molar-refractivity contribution is 0.0884. The van der Waals surface area contributed by atoms with Crippen molar-refractivity contribution in [3.63, 3.8) is 0 Å². The van der Waals surface area contributed by atoms with Crippen molar-refractivity contribution in [2.45, 2.75) is 30.8 Å². The van der Waals surface area contributed by atoms with E-state index in [4.69, 9.17) is 10.5 Å². The fourth-order valence-electron chi connectivity index (χ4n) is 2.45. The van der Waals surface area contributed by atoms with Gasteiger partial charge >= 0.3 is 0 Å². The number of nitrogens with one attached hydrogen (secondary N) is 1. The summed E-state index contributed by atoms with van der Waals surface area (Å²) in [6, 6.07) is 2.17. The summed E-state index contributed by atoms with van der Waals surface area (Å²) in [7, 11) is -3.78. The first-order valence-electron chi connectivity index (χ1n) is 6.71. The third-order valence-corrected chi connectivity index (χ3v) is 5.71. The molecule has 1 fully saturated rings. The standard InChI is InChI=1S/C13H18BrFN2O3S/c1-2-12-8(3-4-20-12)7-17-21(18,19)13-5-9(14)10(15)6-11(13)16/h5-6,8,12,17H,2-4,7,16H2,1H3. The fourth-order valence-corrected chi connectivity index (χ4v) is 4.17. The van der Waals surface area contributed by atoms with Gasteiger partial charge in [-0.1, -0.05) is 6.92 Å². The Morgan fingerprint density at radius 1 is 1.52 bits per heavy atom. The Kier molecular flexibility index (Phi) is 5.24. The number of hydrogen-bond donors (Lipinski definition) is 2. The lowest BCUT2D eigenvalue weighted by Crippen LogP contribution is -2.33. The van der Waals surface area contributed by atoms with Gasteiger partial charge in [0.1, 0.15) is 10.7 Å². The van der Waals surface area contributed by atoms with Gasteiger partial charge in [0.25, 0.3) is 0 Å². The minimum Gasteiger partial charge on any atom is -0.398 e. The number of nitrogen functional groups attached to an aromatic ring is 1. The molecule has 0 spiro atoms. The van der Waals surface area contributed by atoms with Crippen LogP contribution in [-0.2, 0) is 14.8 Å². The minimum absolute atomic E-state index is 0.0627. The van der Waals surface area contributed by atoms with Crippen LogP contribution in [-0.4, -0.2) is 27.7 Å². The number of hydrogen-bond acceptors (Lipinski definition) is 4. The Morgan fingerprint density at radius 2 is 2.24 bits per heavy atom. The molecule has 1 aliphatic heterocycles. The van der Waals surface area contributed by atoms with Crippen LogP contribution in [0.25, 0.3) is 0 Å². The molecule has 5 nitrogen and oxygen atoms in total. The molecule has 21 heavy (non-hydrogen) atoms. The average molecular weight is 381 g/mol. The van der Waals surface area contributed by atoms with Gasteiger partial charge in [-0.05, 0) is 40.9 Å². The van der Waals surface area contributed by atoms with E-state index in [-0.39, 0.29) is 33.6 Å². The monoisotopic (exact) mass is 380 g/mol. The highest BCUT2D eigenvalue weighted by Crippen LogP contribution is 2.27. The van der Waals surface area contributed by atoms with Crippen molar-refractivity contribution in [2.75, 3.05) is 18.9 Å². The zero-order valence-corrected chi connectivity index (χ0v) is 14.0. The first kappa shape index (κ1) is 16.7. The Hall–Kier alpha value is -0.700. The lowest BCUT2D eigenvalue weighted by atomic mass is 10.0. The van der Waals surface area contributed by atoms with Crippen LogP contribution >= 0.6 is 15.9 Å². The largest absolute Gasteiger partial charge is 0.398 e. The summed E-state index contributed by atoms with van der Waals surface area (Å²) in [6.07, 6.45) is 1.74. The Balaban J connectivity index is 2.14. The molecule has 1 saturated heterocycles. The van der Waals surface area contributed by atoms with Gasteiger partial charge in [-0.15, -0.1) is 0 Å². The van der Waals surface area contributed by atoms with Crippen LogP contribution < -0.4 is 10.5 Å². The molecule has 1 aromatic rings. The van der Waals surface area contributed by atoms with E-state index in [9.17, 15) is 12.8 Å². The first-order valence-corrected chi connectivity index (χ1v) is 8.98. The van der Waals surface area contributed by atoms with Crippen LogP contribution in [0, 0.1) is 11.7 Å². The van der Waals surface area contributed by atoms with Crippen molar-refractivity contribution < 1.29 is 17.5 Å². The van der Waals surface area contributed by atoms with E-state index in [2.05, 4.69) is 20.7 Å². The molecule has 0 amide bonds. The third-order valence-electron chi connectivity index (χ3n) is 3.63. The molecule has 2 rings (SSSR count). The van der Waals surface area contributed by atoms with Crippen LogP contribution in [0.15, 0.2) is 21.5 Å². The van der Waals surface area contributed by atoms with Gasteiger partial charge in [0.05, 0.1) is 16.3 Å². The Bertz CT molecular complexity index is 624. The molecule has 3 N–H and O–H groups in total. The predicted octanol–water partition coefficient (Wildman–Crippen LogP) is 2.26. The second-order valence-electron chi connectivity index (χ2n) is 5.02. The van der Waals surface area contributed by atoms with Crippen molar-refractivity contribution in [3.05, 3.63) is 22.4 Å². The zero-order valence-electron chi connectivity index (χ0n) is 11.6. The third kappa shape index (κ3) is 3.74. The van der Waals surface area contributed by atoms with Crippen LogP contribution in [0.1, 0.15) is 19.8 Å². The maximum atomic E-state index is 13.3. The number of ether oxygens (including phenoxy) is 1. The molecule has 0 radical (unpaired) electrons. The molecule has 0 aliphatic carbocycles. The topological polar surface area (TPSA) is 81.4 Å². The van der Waals surface area contributed by atoms with Crippen LogP contribution in [0.4, 0.5) is 10.1 Å². The van der Waals surface area contributed by atoms with Crippen LogP contribution in [0.5, 0.6) is 0 Å². The molecule has 2 unspecified atom stereocenters. The molecule has 118 valence electrons. The maximum absolute atomic E-state index is 13.3. The minimum atomic E-state index is -3.78. The van der Waals surface area contributed by atoms with Gasteiger partial charge in [0.15, 0.2) is 0 Å². The van der Waals surface area contributed by atoms with Gasteiger partial charge in [0, 0.05) is 19.1 Å². The maximum Gasteiger partial charge on any atom is 0.242 e. The zero-order chi connectivity index (χ0) is 15.6. The molecular formula is C13H18BrFN2O3S. The summed E-state index contributed by atoms with van der Waals surface area (Å²) < 4.78 is 46.0. The number of benzene rings is 1. The Morgan fingerprint density at radius 3 is 2.90 bits per heavy atom. The van der Waals surface area contributed by atoms with E-state index in [1.807, 2.05) is 6.92 Å². The summed E-state index contributed by atoms with van der Waals surface area (Å²) in [4.78, 5) is -0.122. The molecule has 8 heteroatoms. The van der Waals surface area contributed by atoms with Gasteiger partial charge in [-0.2, -0.15) is 0 Å². The normalized spacial score (nSPS) is 22.6. The molecule has 0 saturated carbocycles. The highest BCUT2D eigenvalue weighted by atomic mass is 79.9. The number of rotatable bonds is 5. The molecule has 1 aliphatic rings. The second-order valence-corrected chi connectivity index (χ2v) is 7.61. The molecule has 1 heterocycles. The van der Waals surface area contributed by atoms with E-state index >= 15 is 0 Å². The Labute approximate surface area is 132 Å². The van der Waals surface area contributed by atoms with E-state index in [1.165, 1.54) is 6.07 Å². The highest BCUT2D eigenvalue weighted by Gasteiger charge is 2.29. The summed E-state index contributed by atoms with van der Waals surface area (Å²) in [5.41, 5.74) is 5.50. The fraction of sp³-hybridized carbons (Fsp3) is 0.538. The van der Waals surface area contributed by atoms with E-state index in [0.29, 0.717) is 6.61 Å². The quantitative estimate of drug-likeness (QED) is 0.767. The van der Waals surface area contributed by atoms with Gasteiger partial charge in [-0.3, -0.25) is 0 Å². The molecule has 0 aromatic heterocycles. The lowest BCUT2D eigenvalue weighted by Gasteiger charge is -2.18. The number of sulfonamides is 1. The van der Waals surface area contributed by atoms with Gasteiger partial charge in [-0.25, -0.2) is 17.5 Å². The summed E-state index contributed by atoms with van der Waals surface area (Å²) in [5.74, 6) is -0.448. The van der Waals surface area contributed by atoms with Crippen LogP contribution in [0.3, 0.4) is 0 Å². The van der Waals surface area contributed by atoms with Crippen LogP contribution in [0.2, 0.25) is 0 Å². The molecule has 1 aromatic carbocycles. The first-order chi connectivity index (χ1) is 9.85. The summed E-state index contributed by atoms with van der Waals surface area (Å²) in [6.45, 7) is 2.94. The molecule has 2 atom stereocenters. The number of anilines is 1. The van der Waals surface area contributed by atoms with Gasteiger partial charge < -0.3 is 10.5 Å². The van der Waals surface area contributed by atoms with Crippen molar-refractivity contribution in [2.24, 2.45) is 5.92 Å². The summed E-state index contributed by atoms with van der Waals surface area (Å²) >= 11 is 2.97. The van der Waals surface area contributed by atoms with Crippen molar-refractivity contribution in [3.8, 4) is 0 Å². The molecule has 0 bridgehead atoms. The predicted molar refractivity (Wildman–Crippen MR) is 81.8 cm³/mol. The average Bonchev–Trinajstić information content (AvgIpc) is 2.88. The second kappa shape index (κ2) is 6.60.